The predicted octanol–water partition coefficient (Wildman–Crippen LogP) is 3.76. The van der Waals surface area contributed by atoms with Crippen LogP contribution in [0.1, 0.15) is 37.7 Å². The largest absolute Gasteiger partial charge is 0.496 e. The standard InChI is InChI=1S/C16H22BrN3O/c1-4-8-18-15(16-19-9-10-20(16)5-2)13-7-6-12(17)11-14(13)21-3/h6-7,9-11,15,18H,4-5,8H2,1-3H3. The minimum atomic E-state index is 0.0305. The van der Waals surface area contributed by atoms with E-state index in [1.807, 2.05) is 24.5 Å². The number of ether oxygens (including phenoxy) is 1. The monoisotopic (exact) mass is 351 g/mol. The van der Waals surface area contributed by atoms with Gasteiger partial charge in [0.2, 0.25) is 0 Å². The van der Waals surface area contributed by atoms with Crippen molar-refractivity contribution in [1.82, 2.24) is 14.9 Å². The number of rotatable bonds is 7. The number of hydrogen-bond acceptors (Lipinski definition) is 3. The van der Waals surface area contributed by atoms with Gasteiger partial charge in [0.05, 0.1) is 13.2 Å². The van der Waals surface area contributed by atoms with E-state index in [0.717, 1.165) is 41.1 Å². The van der Waals surface area contributed by atoms with Crippen LogP contribution in [0.25, 0.3) is 0 Å². The van der Waals surface area contributed by atoms with E-state index in [0.29, 0.717) is 0 Å². The first-order valence-electron chi connectivity index (χ1n) is 7.29. The van der Waals surface area contributed by atoms with Crippen LogP contribution in [0.15, 0.2) is 35.1 Å². The molecule has 4 nitrogen and oxygen atoms in total. The van der Waals surface area contributed by atoms with Crippen molar-refractivity contribution in [3.8, 4) is 5.75 Å². The molecule has 1 aromatic heterocycles. The molecule has 5 heteroatoms. The topological polar surface area (TPSA) is 39.1 Å². The summed E-state index contributed by atoms with van der Waals surface area (Å²) in [6.07, 6.45) is 4.94. The Morgan fingerprint density at radius 2 is 2.19 bits per heavy atom. The smallest absolute Gasteiger partial charge is 0.130 e. The summed E-state index contributed by atoms with van der Waals surface area (Å²) in [5.41, 5.74) is 1.11. The lowest BCUT2D eigenvalue weighted by atomic mass is 10.0. The number of benzene rings is 1. The molecule has 1 atom stereocenters. The summed E-state index contributed by atoms with van der Waals surface area (Å²) in [6, 6.07) is 6.15. The highest BCUT2D eigenvalue weighted by Crippen LogP contribution is 2.31. The highest BCUT2D eigenvalue weighted by molar-refractivity contribution is 9.10. The van der Waals surface area contributed by atoms with E-state index in [1.54, 1.807) is 7.11 Å². The normalized spacial score (nSPS) is 12.4. The molecule has 0 aliphatic heterocycles. The maximum absolute atomic E-state index is 5.55. The van der Waals surface area contributed by atoms with Crippen molar-refractivity contribution in [3.63, 3.8) is 0 Å². The van der Waals surface area contributed by atoms with Crippen LogP contribution in [0.2, 0.25) is 0 Å². The minimum Gasteiger partial charge on any atom is -0.496 e. The van der Waals surface area contributed by atoms with E-state index in [2.05, 4.69) is 50.7 Å². The van der Waals surface area contributed by atoms with Gasteiger partial charge < -0.3 is 14.6 Å². The molecule has 0 bridgehead atoms. The number of aromatic nitrogens is 2. The van der Waals surface area contributed by atoms with Gasteiger partial charge in [-0.1, -0.05) is 28.9 Å². The van der Waals surface area contributed by atoms with Crippen molar-refractivity contribution in [2.75, 3.05) is 13.7 Å². The molecule has 1 unspecified atom stereocenters. The highest BCUT2D eigenvalue weighted by Gasteiger charge is 2.21. The summed E-state index contributed by atoms with van der Waals surface area (Å²) in [4.78, 5) is 4.55. The second-order valence-electron chi connectivity index (χ2n) is 4.84. The first-order valence-corrected chi connectivity index (χ1v) is 8.08. The van der Waals surface area contributed by atoms with Crippen molar-refractivity contribution in [2.45, 2.75) is 32.9 Å². The zero-order chi connectivity index (χ0) is 15.2. The van der Waals surface area contributed by atoms with Crippen LogP contribution >= 0.6 is 15.9 Å². The van der Waals surface area contributed by atoms with E-state index in [-0.39, 0.29) is 6.04 Å². The van der Waals surface area contributed by atoms with Crippen LogP contribution in [0.4, 0.5) is 0 Å². The van der Waals surface area contributed by atoms with Gasteiger partial charge >= 0.3 is 0 Å². The molecule has 0 amide bonds. The summed E-state index contributed by atoms with van der Waals surface area (Å²) >= 11 is 3.49. The van der Waals surface area contributed by atoms with Crippen LogP contribution in [0.3, 0.4) is 0 Å². The average Bonchev–Trinajstić information content (AvgIpc) is 2.97. The SMILES string of the molecule is CCCNC(c1ccc(Br)cc1OC)c1nccn1CC. The summed E-state index contributed by atoms with van der Waals surface area (Å²) in [6.45, 7) is 6.12. The Kier molecular flexibility index (Phi) is 5.82. The van der Waals surface area contributed by atoms with E-state index >= 15 is 0 Å². The predicted molar refractivity (Wildman–Crippen MR) is 88.7 cm³/mol. The van der Waals surface area contributed by atoms with Gasteiger partial charge in [-0.15, -0.1) is 0 Å². The zero-order valence-corrected chi connectivity index (χ0v) is 14.4. The number of aryl methyl sites for hydroxylation is 1. The molecule has 114 valence electrons. The maximum Gasteiger partial charge on any atom is 0.130 e. The molecule has 0 spiro atoms. The lowest BCUT2D eigenvalue weighted by Gasteiger charge is -2.22. The van der Waals surface area contributed by atoms with E-state index < -0.39 is 0 Å². The molecule has 1 N–H and O–H groups in total. The third kappa shape index (κ3) is 3.66. The number of nitrogens with one attached hydrogen (secondary N) is 1. The van der Waals surface area contributed by atoms with Gasteiger partial charge in [0.1, 0.15) is 11.6 Å². The molecule has 0 radical (unpaired) electrons. The maximum atomic E-state index is 5.55. The quantitative estimate of drug-likeness (QED) is 0.825. The Morgan fingerprint density at radius 1 is 1.38 bits per heavy atom. The van der Waals surface area contributed by atoms with Crippen LogP contribution in [-0.4, -0.2) is 23.2 Å². The fraction of sp³-hybridized carbons (Fsp3) is 0.438. The lowest BCUT2D eigenvalue weighted by molar-refractivity contribution is 0.401. The molecular weight excluding hydrogens is 330 g/mol. The number of nitrogens with zero attached hydrogens (tertiary/aromatic N) is 2. The molecule has 0 saturated heterocycles. The number of methoxy groups -OCH3 is 1. The molecule has 1 heterocycles. The second-order valence-corrected chi connectivity index (χ2v) is 5.76. The summed E-state index contributed by atoms with van der Waals surface area (Å²) in [7, 11) is 1.70. The van der Waals surface area contributed by atoms with Crippen molar-refractivity contribution in [3.05, 3.63) is 46.5 Å². The third-order valence-electron chi connectivity index (χ3n) is 3.45. The van der Waals surface area contributed by atoms with Crippen LogP contribution in [-0.2, 0) is 6.54 Å². The highest BCUT2D eigenvalue weighted by atomic mass is 79.9. The van der Waals surface area contributed by atoms with Gasteiger partial charge in [0, 0.05) is 29.0 Å². The molecule has 2 aromatic rings. The first kappa shape index (κ1) is 16.0. The van der Waals surface area contributed by atoms with Crippen LogP contribution in [0, 0.1) is 0 Å². The molecule has 1 aromatic carbocycles. The Morgan fingerprint density at radius 3 is 2.86 bits per heavy atom. The lowest BCUT2D eigenvalue weighted by Crippen LogP contribution is -2.26. The van der Waals surface area contributed by atoms with E-state index in [4.69, 9.17) is 4.74 Å². The van der Waals surface area contributed by atoms with E-state index in [9.17, 15) is 0 Å². The van der Waals surface area contributed by atoms with Crippen molar-refractivity contribution < 1.29 is 4.74 Å². The van der Waals surface area contributed by atoms with Crippen molar-refractivity contribution in [2.24, 2.45) is 0 Å². The minimum absolute atomic E-state index is 0.0305. The molecule has 0 fully saturated rings. The molecule has 2 rings (SSSR count). The molecular formula is C16H22BrN3O. The summed E-state index contributed by atoms with van der Waals surface area (Å²) in [5.74, 6) is 1.88. The van der Waals surface area contributed by atoms with Gasteiger partial charge in [-0.25, -0.2) is 4.98 Å². The summed E-state index contributed by atoms with van der Waals surface area (Å²) in [5, 5.41) is 3.58. The molecule has 21 heavy (non-hydrogen) atoms. The van der Waals surface area contributed by atoms with Gasteiger partial charge in [0.25, 0.3) is 0 Å². The number of hydrogen-bond donors (Lipinski definition) is 1. The Bertz CT molecular complexity index is 583. The van der Waals surface area contributed by atoms with Gasteiger partial charge in [-0.05, 0) is 32.0 Å². The number of halogens is 1. The Hall–Kier alpha value is -1.33. The van der Waals surface area contributed by atoms with E-state index in [1.165, 1.54) is 0 Å². The molecule has 0 aliphatic rings. The summed E-state index contributed by atoms with van der Waals surface area (Å²) < 4.78 is 8.72. The van der Waals surface area contributed by atoms with Gasteiger partial charge in [-0.3, -0.25) is 0 Å². The van der Waals surface area contributed by atoms with Crippen molar-refractivity contribution >= 4 is 15.9 Å². The molecule has 0 saturated carbocycles. The fourth-order valence-electron chi connectivity index (χ4n) is 2.40. The Labute approximate surface area is 134 Å². The van der Waals surface area contributed by atoms with Crippen molar-refractivity contribution in [1.29, 1.82) is 0 Å². The first-order chi connectivity index (χ1) is 10.2. The fourth-order valence-corrected chi connectivity index (χ4v) is 2.74. The average molecular weight is 352 g/mol. The zero-order valence-electron chi connectivity index (χ0n) is 12.8. The van der Waals surface area contributed by atoms with Gasteiger partial charge in [0.15, 0.2) is 0 Å². The van der Waals surface area contributed by atoms with Crippen LogP contribution < -0.4 is 10.1 Å². The second kappa shape index (κ2) is 7.61. The molecule has 0 aliphatic carbocycles. The van der Waals surface area contributed by atoms with Crippen LogP contribution in [0.5, 0.6) is 5.75 Å². The Balaban J connectivity index is 2.45. The third-order valence-corrected chi connectivity index (χ3v) is 3.94. The van der Waals surface area contributed by atoms with Gasteiger partial charge in [-0.2, -0.15) is 0 Å². The number of imidazole rings is 1.